The van der Waals surface area contributed by atoms with Gasteiger partial charge in [-0.2, -0.15) is 23.8 Å². The van der Waals surface area contributed by atoms with Crippen molar-refractivity contribution in [3.05, 3.63) is 60.4 Å². The Bertz CT molecular complexity index is 1290. The Morgan fingerprint density at radius 2 is 1.97 bits per heavy atom. The Morgan fingerprint density at radius 1 is 1.18 bits per heavy atom. The van der Waals surface area contributed by atoms with Crippen LogP contribution in [0.4, 0.5) is 26.2 Å². The van der Waals surface area contributed by atoms with Crippen molar-refractivity contribution in [3.8, 4) is 18.2 Å². The zero-order chi connectivity index (χ0) is 23.4. The molecule has 3 aromatic heterocycles. The monoisotopic (exact) mass is 450 g/mol. The summed E-state index contributed by atoms with van der Waals surface area (Å²) in [6.45, 7) is -2.77. The number of aryl methyl sites for hydroxylation is 1. The Hall–Kier alpha value is -4.30. The quantitative estimate of drug-likeness (QED) is 0.351. The topological polar surface area (TPSA) is 116 Å². The number of nitrogens with zero attached hydrogens (tertiary/aromatic N) is 5. The summed E-state index contributed by atoms with van der Waals surface area (Å²) >= 11 is 0. The molecule has 4 aromatic rings. The van der Waals surface area contributed by atoms with E-state index >= 15 is 0 Å². The predicted octanol–water partition coefficient (Wildman–Crippen LogP) is 3.00. The van der Waals surface area contributed by atoms with Crippen LogP contribution in [0.15, 0.2) is 54.9 Å². The molecular formula is C22H20F2N8O. The molecule has 1 aromatic carbocycles. The van der Waals surface area contributed by atoms with Crippen LogP contribution >= 0.6 is 0 Å². The first kappa shape index (κ1) is 21.9. The minimum absolute atomic E-state index is 0.178. The van der Waals surface area contributed by atoms with Gasteiger partial charge in [-0.15, -0.1) is 6.42 Å². The van der Waals surface area contributed by atoms with Crippen LogP contribution in [0.1, 0.15) is 5.56 Å². The number of ether oxygens (including phenoxy) is 1. The minimum Gasteiger partial charge on any atom is -0.417 e. The molecule has 0 radical (unpaired) electrons. The summed E-state index contributed by atoms with van der Waals surface area (Å²) in [5.74, 6) is 3.15. The molecule has 4 rings (SSSR count). The SMILES string of the molecule is C#CC(N)(CNc1nc(Nc2ccc(OC(F)F)nc2)c2cnn(C)c2n1)c1ccccc1. The molecule has 1 atom stereocenters. The van der Waals surface area contributed by atoms with E-state index in [4.69, 9.17) is 12.2 Å². The van der Waals surface area contributed by atoms with E-state index in [1.807, 2.05) is 30.3 Å². The molecule has 1 unspecified atom stereocenters. The van der Waals surface area contributed by atoms with Crippen molar-refractivity contribution < 1.29 is 13.5 Å². The van der Waals surface area contributed by atoms with Crippen LogP contribution in [0.3, 0.4) is 0 Å². The predicted molar refractivity (Wildman–Crippen MR) is 120 cm³/mol. The van der Waals surface area contributed by atoms with Crippen LogP contribution in [-0.4, -0.2) is 37.9 Å². The molecule has 0 spiro atoms. The highest BCUT2D eigenvalue weighted by molar-refractivity contribution is 5.89. The lowest BCUT2D eigenvalue weighted by Gasteiger charge is -2.24. The number of nitrogens with one attached hydrogen (secondary N) is 2. The summed E-state index contributed by atoms with van der Waals surface area (Å²) < 4.78 is 30.6. The average molecular weight is 450 g/mol. The summed E-state index contributed by atoms with van der Waals surface area (Å²) in [6.07, 6.45) is 8.70. The maximum Gasteiger partial charge on any atom is 0.388 e. The third kappa shape index (κ3) is 4.81. The number of aromatic nitrogens is 5. The highest BCUT2D eigenvalue weighted by Gasteiger charge is 2.25. The number of halogens is 2. The zero-order valence-electron chi connectivity index (χ0n) is 17.5. The van der Waals surface area contributed by atoms with Gasteiger partial charge in [-0.3, -0.25) is 4.68 Å². The number of benzene rings is 1. The molecule has 9 nitrogen and oxygen atoms in total. The van der Waals surface area contributed by atoms with E-state index in [0.717, 1.165) is 5.56 Å². The first-order chi connectivity index (χ1) is 15.9. The standard InChI is InChI=1S/C22H20F2N8O/c1-3-22(25,14-7-5-4-6-8-14)13-27-21-30-18(16-12-28-32(2)19(16)31-21)29-15-9-10-17(26-11-15)33-20(23)24/h1,4-12,20H,13,25H2,2H3,(H2,27,29,30,31). The van der Waals surface area contributed by atoms with Crippen LogP contribution in [0.25, 0.3) is 11.0 Å². The normalized spacial score (nSPS) is 12.8. The van der Waals surface area contributed by atoms with E-state index in [1.54, 1.807) is 24.0 Å². The fourth-order valence-electron chi connectivity index (χ4n) is 3.14. The van der Waals surface area contributed by atoms with Crippen molar-refractivity contribution in [2.24, 2.45) is 12.8 Å². The number of pyridine rings is 1. The number of hydrogen-bond acceptors (Lipinski definition) is 8. The highest BCUT2D eigenvalue weighted by atomic mass is 19.3. The first-order valence-corrected chi connectivity index (χ1v) is 9.81. The number of nitrogens with two attached hydrogens (primary N) is 1. The van der Waals surface area contributed by atoms with Gasteiger partial charge in [0.15, 0.2) is 5.65 Å². The molecule has 168 valence electrons. The fraction of sp³-hybridized carbons (Fsp3) is 0.182. The van der Waals surface area contributed by atoms with Crippen molar-refractivity contribution >= 4 is 28.5 Å². The molecule has 0 bridgehead atoms. The summed E-state index contributed by atoms with van der Waals surface area (Å²) in [6, 6.07) is 12.2. The first-order valence-electron chi connectivity index (χ1n) is 9.81. The summed E-state index contributed by atoms with van der Waals surface area (Å²) in [5, 5.41) is 11.1. The van der Waals surface area contributed by atoms with Crippen LogP contribution in [0, 0.1) is 12.3 Å². The van der Waals surface area contributed by atoms with Gasteiger partial charge in [-0.1, -0.05) is 36.3 Å². The van der Waals surface area contributed by atoms with E-state index < -0.39 is 12.2 Å². The second-order valence-corrected chi connectivity index (χ2v) is 7.13. The van der Waals surface area contributed by atoms with E-state index in [9.17, 15) is 8.78 Å². The third-order valence-corrected chi connectivity index (χ3v) is 4.87. The molecule has 0 aliphatic carbocycles. The van der Waals surface area contributed by atoms with Gasteiger partial charge < -0.3 is 21.1 Å². The van der Waals surface area contributed by atoms with Crippen molar-refractivity contribution in [3.63, 3.8) is 0 Å². The molecule has 0 amide bonds. The molecule has 0 saturated carbocycles. The Balaban J connectivity index is 1.60. The minimum atomic E-state index is -2.95. The molecule has 0 aliphatic heterocycles. The van der Waals surface area contributed by atoms with Gasteiger partial charge in [-0.25, -0.2) is 4.98 Å². The number of fused-ring (bicyclic) bond motifs is 1. The largest absolute Gasteiger partial charge is 0.417 e. The van der Waals surface area contributed by atoms with Crippen LogP contribution in [0.2, 0.25) is 0 Å². The van der Waals surface area contributed by atoms with Crippen molar-refractivity contribution in [2.75, 3.05) is 17.2 Å². The van der Waals surface area contributed by atoms with Gasteiger partial charge >= 0.3 is 6.61 Å². The highest BCUT2D eigenvalue weighted by Crippen LogP contribution is 2.26. The maximum absolute atomic E-state index is 12.3. The van der Waals surface area contributed by atoms with Gasteiger partial charge in [0.25, 0.3) is 0 Å². The van der Waals surface area contributed by atoms with Gasteiger partial charge in [0.05, 0.1) is 30.0 Å². The average Bonchev–Trinajstić information content (AvgIpc) is 3.20. The van der Waals surface area contributed by atoms with E-state index in [0.29, 0.717) is 22.5 Å². The lowest BCUT2D eigenvalue weighted by molar-refractivity contribution is -0.0528. The third-order valence-electron chi connectivity index (χ3n) is 4.87. The summed E-state index contributed by atoms with van der Waals surface area (Å²) in [7, 11) is 1.75. The zero-order valence-corrected chi connectivity index (χ0v) is 17.5. The molecule has 11 heteroatoms. The van der Waals surface area contributed by atoms with Crippen molar-refractivity contribution in [1.29, 1.82) is 0 Å². The van der Waals surface area contributed by atoms with E-state index in [1.165, 1.54) is 12.3 Å². The molecule has 0 saturated heterocycles. The van der Waals surface area contributed by atoms with Gasteiger partial charge in [0.1, 0.15) is 11.4 Å². The number of anilines is 3. The molecular weight excluding hydrogens is 430 g/mol. The van der Waals surface area contributed by atoms with Gasteiger partial charge in [-0.05, 0) is 11.6 Å². The molecule has 3 heterocycles. The lowest BCUT2D eigenvalue weighted by atomic mass is 9.92. The lowest BCUT2D eigenvalue weighted by Crippen LogP contribution is -2.42. The van der Waals surface area contributed by atoms with E-state index in [-0.39, 0.29) is 18.4 Å². The number of hydrogen-bond donors (Lipinski definition) is 3. The number of rotatable bonds is 8. The van der Waals surface area contributed by atoms with Crippen LogP contribution in [-0.2, 0) is 12.6 Å². The fourth-order valence-corrected chi connectivity index (χ4v) is 3.14. The van der Waals surface area contributed by atoms with Crippen LogP contribution in [0.5, 0.6) is 5.88 Å². The smallest absolute Gasteiger partial charge is 0.388 e. The molecule has 4 N–H and O–H groups in total. The summed E-state index contributed by atoms with van der Waals surface area (Å²) in [4.78, 5) is 12.9. The second kappa shape index (κ2) is 9.05. The number of terminal acetylenes is 1. The van der Waals surface area contributed by atoms with Gasteiger partial charge in [0.2, 0.25) is 11.8 Å². The Labute approximate surface area is 188 Å². The van der Waals surface area contributed by atoms with Crippen molar-refractivity contribution in [2.45, 2.75) is 12.2 Å². The Morgan fingerprint density at radius 3 is 2.64 bits per heavy atom. The second-order valence-electron chi connectivity index (χ2n) is 7.13. The van der Waals surface area contributed by atoms with Gasteiger partial charge in [0, 0.05) is 13.1 Å². The van der Waals surface area contributed by atoms with Crippen LogP contribution < -0.4 is 21.1 Å². The molecule has 0 fully saturated rings. The van der Waals surface area contributed by atoms with E-state index in [2.05, 4.69) is 41.3 Å². The molecule has 33 heavy (non-hydrogen) atoms. The number of alkyl halides is 2. The van der Waals surface area contributed by atoms with Crippen molar-refractivity contribution in [1.82, 2.24) is 24.7 Å². The Kier molecular flexibility index (Phi) is 6.01. The summed E-state index contributed by atoms with van der Waals surface area (Å²) in [5.41, 5.74) is 7.20. The molecule has 0 aliphatic rings. The maximum atomic E-state index is 12.3.